The van der Waals surface area contributed by atoms with E-state index < -0.39 is 0 Å². The lowest BCUT2D eigenvalue weighted by Gasteiger charge is -2.13. The van der Waals surface area contributed by atoms with Crippen LogP contribution in [0.25, 0.3) is 0 Å². The second kappa shape index (κ2) is 8.02. The number of nitrogens with zero attached hydrogens (tertiary/aromatic N) is 1. The SMILES string of the molecule is COc1ccc(OC)c(CCCNC(=O)c2n[nH]c3c2CNCC3)c1. The minimum absolute atomic E-state index is 0.126. The van der Waals surface area contributed by atoms with Crippen molar-refractivity contribution in [3.8, 4) is 11.5 Å². The molecule has 1 aliphatic rings. The normalized spacial score (nSPS) is 13.2. The molecular weight excluding hydrogens is 320 g/mol. The van der Waals surface area contributed by atoms with Crippen molar-refractivity contribution in [2.24, 2.45) is 0 Å². The van der Waals surface area contributed by atoms with Gasteiger partial charge in [-0.2, -0.15) is 5.10 Å². The Balaban J connectivity index is 1.53. The Hall–Kier alpha value is -2.54. The number of aryl methyl sites for hydroxylation is 1. The van der Waals surface area contributed by atoms with Gasteiger partial charge in [0.05, 0.1) is 14.2 Å². The van der Waals surface area contributed by atoms with E-state index in [1.54, 1.807) is 14.2 Å². The van der Waals surface area contributed by atoms with E-state index in [1.807, 2.05) is 18.2 Å². The molecule has 0 saturated heterocycles. The van der Waals surface area contributed by atoms with Crippen molar-refractivity contribution in [2.45, 2.75) is 25.8 Å². The molecule has 2 heterocycles. The second-order valence-electron chi connectivity index (χ2n) is 5.99. The molecule has 1 aromatic carbocycles. The summed E-state index contributed by atoms with van der Waals surface area (Å²) in [6.07, 6.45) is 2.48. The fourth-order valence-electron chi connectivity index (χ4n) is 3.05. The van der Waals surface area contributed by atoms with Gasteiger partial charge in [0.25, 0.3) is 5.91 Å². The molecule has 0 aliphatic carbocycles. The minimum Gasteiger partial charge on any atom is -0.497 e. The molecule has 0 atom stereocenters. The summed E-state index contributed by atoms with van der Waals surface area (Å²) in [5.74, 6) is 1.51. The number of aromatic amines is 1. The Morgan fingerprint density at radius 2 is 2.20 bits per heavy atom. The van der Waals surface area contributed by atoms with E-state index in [-0.39, 0.29) is 5.91 Å². The van der Waals surface area contributed by atoms with Crippen molar-refractivity contribution in [3.63, 3.8) is 0 Å². The number of amides is 1. The lowest BCUT2D eigenvalue weighted by Crippen LogP contribution is -2.29. The molecule has 0 spiro atoms. The molecule has 0 radical (unpaired) electrons. The zero-order valence-corrected chi connectivity index (χ0v) is 14.6. The molecule has 7 heteroatoms. The number of carbonyl (C=O) groups is 1. The molecule has 0 unspecified atom stereocenters. The molecule has 134 valence electrons. The van der Waals surface area contributed by atoms with Gasteiger partial charge in [0.1, 0.15) is 11.5 Å². The van der Waals surface area contributed by atoms with Gasteiger partial charge in [0.15, 0.2) is 5.69 Å². The van der Waals surface area contributed by atoms with E-state index in [2.05, 4.69) is 20.8 Å². The van der Waals surface area contributed by atoms with Crippen molar-refractivity contribution in [1.29, 1.82) is 0 Å². The van der Waals surface area contributed by atoms with E-state index in [4.69, 9.17) is 9.47 Å². The van der Waals surface area contributed by atoms with Gasteiger partial charge in [-0.1, -0.05) is 0 Å². The fraction of sp³-hybridized carbons (Fsp3) is 0.444. The molecule has 1 aromatic heterocycles. The molecule has 0 saturated carbocycles. The van der Waals surface area contributed by atoms with Crippen molar-refractivity contribution < 1.29 is 14.3 Å². The number of nitrogens with one attached hydrogen (secondary N) is 3. The third kappa shape index (κ3) is 3.93. The predicted octanol–water partition coefficient (Wildman–Crippen LogP) is 1.44. The van der Waals surface area contributed by atoms with Crippen molar-refractivity contribution >= 4 is 5.91 Å². The minimum atomic E-state index is -0.126. The van der Waals surface area contributed by atoms with Crippen molar-refractivity contribution in [2.75, 3.05) is 27.3 Å². The number of methoxy groups -OCH3 is 2. The zero-order valence-electron chi connectivity index (χ0n) is 14.6. The molecule has 25 heavy (non-hydrogen) atoms. The number of ether oxygens (including phenoxy) is 2. The Kier molecular flexibility index (Phi) is 5.55. The van der Waals surface area contributed by atoms with Gasteiger partial charge in [-0.15, -0.1) is 0 Å². The summed E-state index contributed by atoms with van der Waals surface area (Å²) in [4.78, 5) is 12.3. The third-order valence-electron chi connectivity index (χ3n) is 4.42. The van der Waals surface area contributed by atoms with E-state index in [0.717, 1.165) is 54.1 Å². The number of fused-ring (bicyclic) bond motifs is 1. The highest BCUT2D eigenvalue weighted by Crippen LogP contribution is 2.25. The van der Waals surface area contributed by atoms with Crippen LogP contribution in [-0.4, -0.2) is 43.4 Å². The summed E-state index contributed by atoms with van der Waals surface area (Å²) < 4.78 is 10.6. The van der Waals surface area contributed by atoms with Crippen LogP contribution in [0.4, 0.5) is 0 Å². The van der Waals surface area contributed by atoms with E-state index >= 15 is 0 Å². The summed E-state index contributed by atoms with van der Waals surface area (Å²) in [6, 6.07) is 5.74. The first-order valence-corrected chi connectivity index (χ1v) is 8.49. The summed E-state index contributed by atoms with van der Waals surface area (Å²) >= 11 is 0. The van der Waals surface area contributed by atoms with Crippen LogP contribution in [-0.2, 0) is 19.4 Å². The lowest BCUT2D eigenvalue weighted by molar-refractivity contribution is 0.0947. The number of rotatable bonds is 7. The number of H-pyrrole nitrogens is 1. The number of aromatic nitrogens is 2. The van der Waals surface area contributed by atoms with Gasteiger partial charge in [-0.25, -0.2) is 0 Å². The van der Waals surface area contributed by atoms with Gasteiger partial charge in [0.2, 0.25) is 0 Å². The summed E-state index contributed by atoms with van der Waals surface area (Å²) in [5, 5.41) is 13.4. The molecular formula is C18H24N4O3. The van der Waals surface area contributed by atoms with Crippen LogP contribution in [0.15, 0.2) is 18.2 Å². The highest BCUT2D eigenvalue weighted by molar-refractivity contribution is 5.94. The van der Waals surface area contributed by atoms with Crippen LogP contribution in [0.2, 0.25) is 0 Å². The maximum Gasteiger partial charge on any atom is 0.272 e. The number of hydrogen-bond acceptors (Lipinski definition) is 5. The summed E-state index contributed by atoms with van der Waals surface area (Å²) in [7, 11) is 3.30. The van der Waals surface area contributed by atoms with Gasteiger partial charge in [-0.05, 0) is 36.6 Å². The average Bonchev–Trinajstić information content (AvgIpc) is 3.09. The van der Waals surface area contributed by atoms with Crippen molar-refractivity contribution in [3.05, 3.63) is 40.7 Å². The van der Waals surface area contributed by atoms with Crippen LogP contribution < -0.4 is 20.1 Å². The third-order valence-corrected chi connectivity index (χ3v) is 4.42. The second-order valence-corrected chi connectivity index (χ2v) is 5.99. The standard InChI is InChI=1S/C18H24N4O3/c1-24-13-5-6-16(25-2)12(10-13)4-3-8-20-18(23)17-14-11-19-9-7-15(14)21-22-17/h5-6,10,19H,3-4,7-9,11H2,1-2H3,(H,20,23)(H,21,22). The van der Waals surface area contributed by atoms with Crippen LogP contribution in [0, 0.1) is 0 Å². The highest BCUT2D eigenvalue weighted by atomic mass is 16.5. The first-order valence-electron chi connectivity index (χ1n) is 8.49. The zero-order chi connectivity index (χ0) is 17.6. The topological polar surface area (TPSA) is 88.3 Å². The number of hydrogen-bond donors (Lipinski definition) is 3. The average molecular weight is 344 g/mol. The smallest absolute Gasteiger partial charge is 0.272 e. The van der Waals surface area contributed by atoms with Crippen LogP contribution in [0.1, 0.15) is 33.7 Å². The molecule has 3 rings (SSSR count). The molecule has 7 nitrogen and oxygen atoms in total. The van der Waals surface area contributed by atoms with Gasteiger partial charge >= 0.3 is 0 Å². The van der Waals surface area contributed by atoms with Crippen LogP contribution in [0.5, 0.6) is 11.5 Å². The molecule has 1 amide bonds. The molecule has 2 aromatic rings. The molecule has 1 aliphatic heterocycles. The van der Waals surface area contributed by atoms with Crippen LogP contribution >= 0.6 is 0 Å². The van der Waals surface area contributed by atoms with Gasteiger partial charge in [-0.3, -0.25) is 9.89 Å². The molecule has 3 N–H and O–H groups in total. The van der Waals surface area contributed by atoms with Gasteiger partial charge in [0, 0.05) is 37.3 Å². The number of carbonyl (C=O) groups excluding carboxylic acids is 1. The Morgan fingerprint density at radius 3 is 3.00 bits per heavy atom. The highest BCUT2D eigenvalue weighted by Gasteiger charge is 2.21. The van der Waals surface area contributed by atoms with Gasteiger partial charge < -0.3 is 20.1 Å². The van der Waals surface area contributed by atoms with E-state index in [9.17, 15) is 4.79 Å². The van der Waals surface area contributed by atoms with E-state index in [1.165, 1.54) is 0 Å². The summed E-state index contributed by atoms with van der Waals surface area (Å²) in [6.45, 7) is 2.18. The molecule has 0 fully saturated rings. The Morgan fingerprint density at radius 1 is 1.32 bits per heavy atom. The largest absolute Gasteiger partial charge is 0.497 e. The predicted molar refractivity (Wildman–Crippen MR) is 94.2 cm³/mol. The summed E-state index contributed by atoms with van der Waals surface area (Å²) in [5.41, 5.74) is 3.61. The first-order chi connectivity index (χ1) is 12.2. The number of benzene rings is 1. The lowest BCUT2D eigenvalue weighted by atomic mass is 10.1. The van der Waals surface area contributed by atoms with Crippen molar-refractivity contribution in [1.82, 2.24) is 20.8 Å². The maximum absolute atomic E-state index is 12.3. The van der Waals surface area contributed by atoms with Crippen LogP contribution in [0.3, 0.4) is 0 Å². The maximum atomic E-state index is 12.3. The monoisotopic (exact) mass is 344 g/mol. The first kappa shape index (κ1) is 17.3. The molecule has 0 bridgehead atoms. The van der Waals surface area contributed by atoms with E-state index in [0.29, 0.717) is 18.8 Å². The quantitative estimate of drug-likeness (QED) is 0.662. The Bertz CT molecular complexity index is 742. The fourth-order valence-corrected chi connectivity index (χ4v) is 3.05. The Labute approximate surface area is 147 Å².